The van der Waals surface area contributed by atoms with E-state index >= 15 is 0 Å². The lowest BCUT2D eigenvalue weighted by molar-refractivity contribution is 0.181. The minimum atomic E-state index is -0.552. The lowest BCUT2D eigenvalue weighted by Gasteiger charge is -2.14. The van der Waals surface area contributed by atoms with Crippen molar-refractivity contribution < 1.29 is 5.11 Å². The van der Waals surface area contributed by atoms with Gasteiger partial charge in [0.1, 0.15) is 0 Å². The van der Waals surface area contributed by atoms with Crippen molar-refractivity contribution in [2.24, 2.45) is 0 Å². The zero-order valence-electron chi connectivity index (χ0n) is 11.0. The normalized spacial score (nSPS) is 13.8. The Morgan fingerprint density at radius 2 is 2.11 bits per heavy atom. The van der Waals surface area contributed by atoms with E-state index in [9.17, 15) is 5.11 Å². The lowest BCUT2D eigenvalue weighted by Crippen LogP contribution is -2.11. The molecule has 98 valence electrons. The molecule has 0 saturated heterocycles. The summed E-state index contributed by atoms with van der Waals surface area (Å²) in [5, 5.41) is 17.1. The fraction of sp³-hybridized carbons (Fsp3) is 0.583. The molecular formula is C12H17N3OS2. The van der Waals surface area contributed by atoms with Crippen LogP contribution in [-0.4, -0.2) is 19.7 Å². The van der Waals surface area contributed by atoms with E-state index in [1.165, 1.54) is 11.5 Å². The maximum atomic E-state index is 10.2. The van der Waals surface area contributed by atoms with Crippen molar-refractivity contribution in [1.82, 2.24) is 14.6 Å². The minimum absolute atomic E-state index is 0.0572. The summed E-state index contributed by atoms with van der Waals surface area (Å²) in [6.45, 7) is 8.28. The van der Waals surface area contributed by atoms with Crippen molar-refractivity contribution >= 4 is 22.9 Å². The molecule has 0 radical (unpaired) electrons. The molecule has 18 heavy (non-hydrogen) atoms. The van der Waals surface area contributed by atoms with Crippen LogP contribution in [0.4, 0.5) is 0 Å². The number of rotatable bonds is 3. The zero-order valence-corrected chi connectivity index (χ0v) is 12.6. The molecule has 0 fully saturated rings. The first-order valence-electron chi connectivity index (χ1n) is 5.79. The van der Waals surface area contributed by atoms with Crippen LogP contribution in [0.2, 0.25) is 0 Å². The van der Waals surface area contributed by atoms with E-state index in [2.05, 4.69) is 40.7 Å². The van der Waals surface area contributed by atoms with Crippen LogP contribution < -0.4 is 0 Å². The fourth-order valence-corrected chi connectivity index (χ4v) is 3.24. The molecule has 0 aromatic carbocycles. The number of aliphatic hydroxyl groups excluding tert-OH is 1. The summed E-state index contributed by atoms with van der Waals surface area (Å²) in [7, 11) is 0. The van der Waals surface area contributed by atoms with Crippen LogP contribution in [0.1, 0.15) is 48.1 Å². The highest BCUT2D eigenvalue weighted by molar-refractivity contribution is 7.09. The van der Waals surface area contributed by atoms with Crippen molar-refractivity contribution in [3.8, 4) is 0 Å². The van der Waals surface area contributed by atoms with Crippen molar-refractivity contribution in [2.45, 2.75) is 45.6 Å². The average Bonchev–Trinajstić information content (AvgIpc) is 2.85. The van der Waals surface area contributed by atoms with E-state index in [1.807, 2.05) is 6.92 Å². The molecule has 1 N–H and O–H groups in total. The van der Waals surface area contributed by atoms with Gasteiger partial charge in [-0.3, -0.25) is 0 Å². The van der Waals surface area contributed by atoms with Crippen molar-refractivity contribution in [2.75, 3.05) is 0 Å². The number of aromatic nitrogens is 3. The predicted octanol–water partition coefficient (Wildman–Crippen LogP) is 2.88. The van der Waals surface area contributed by atoms with Crippen LogP contribution in [0.15, 0.2) is 5.38 Å². The summed E-state index contributed by atoms with van der Waals surface area (Å²) >= 11 is 2.86. The molecule has 2 aromatic rings. The van der Waals surface area contributed by atoms with E-state index in [4.69, 9.17) is 0 Å². The summed E-state index contributed by atoms with van der Waals surface area (Å²) in [5.41, 5.74) is 1.94. The Labute approximate surface area is 115 Å². The molecule has 6 heteroatoms. The molecule has 0 aliphatic carbocycles. The third-order valence-corrected chi connectivity index (χ3v) is 4.48. The predicted molar refractivity (Wildman–Crippen MR) is 74.1 cm³/mol. The second kappa shape index (κ2) is 5.03. The van der Waals surface area contributed by atoms with Gasteiger partial charge in [0, 0.05) is 17.2 Å². The van der Waals surface area contributed by atoms with Gasteiger partial charge in [-0.1, -0.05) is 25.3 Å². The van der Waals surface area contributed by atoms with Gasteiger partial charge in [-0.15, -0.1) is 16.4 Å². The van der Waals surface area contributed by atoms with Gasteiger partial charge in [0.05, 0.1) is 27.4 Å². The van der Waals surface area contributed by atoms with Gasteiger partial charge in [0.2, 0.25) is 0 Å². The van der Waals surface area contributed by atoms with E-state index in [-0.39, 0.29) is 5.41 Å². The van der Waals surface area contributed by atoms with Crippen molar-refractivity contribution in [1.29, 1.82) is 0 Å². The van der Waals surface area contributed by atoms with Gasteiger partial charge in [-0.05, 0) is 18.5 Å². The maximum Gasteiger partial charge on any atom is 0.0980 e. The van der Waals surface area contributed by atoms with Crippen molar-refractivity contribution in [3.63, 3.8) is 0 Å². The summed E-state index contributed by atoms with van der Waals surface area (Å²) in [6.07, 6.45) is -0.0187. The first-order chi connectivity index (χ1) is 8.38. The highest BCUT2D eigenvalue weighted by atomic mass is 32.1. The Morgan fingerprint density at radius 3 is 2.61 bits per heavy atom. The highest BCUT2D eigenvalue weighted by Crippen LogP contribution is 2.28. The number of nitrogens with zero attached hydrogens (tertiary/aromatic N) is 3. The summed E-state index contributed by atoms with van der Waals surface area (Å²) < 4.78 is 3.84. The quantitative estimate of drug-likeness (QED) is 0.941. The van der Waals surface area contributed by atoms with Gasteiger partial charge in [0.15, 0.2) is 0 Å². The molecular weight excluding hydrogens is 266 g/mol. The Kier molecular flexibility index (Phi) is 3.79. The largest absolute Gasteiger partial charge is 0.387 e. The van der Waals surface area contributed by atoms with Crippen LogP contribution in [0.3, 0.4) is 0 Å². The molecule has 0 amide bonds. The SMILES string of the molecule is Cc1nnsc1C(O)Cc1nc(C(C)(C)C)cs1. The van der Waals surface area contributed by atoms with Gasteiger partial charge in [-0.2, -0.15) is 0 Å². The van der Waals surface area contributed by atoms with E-state index in [0.29, 0.717) is 6.42 Å². The molecule has 0 bridgehead atoms. The molecule has 0 spiro atoms. The second-order valence-corrected chi connectivity index (χ2v) is 7.05. The van der Waals surface area contributed by atoms with Crippen LogP contribution in [-0.2, 0) is 11.8 Å². The van der Waals surface area contributed by atoms with Crippen LogP contribution in [0.5, 0.6) is 0 Å². The van der Waals surface area contributed by atoms with Gasteiger partial charge >= 0.3 is 0 Å². The smallest absolute Gasteiger partial charge is 0.0980 e. The third kappa shape index (κ3) is 2.93. The molecule has 4 nitrogen and oxygen atoms in total. The molecule has 2 aromatic heterocycles. The van der Waals surface area contributed by atoms with Gasteiger partial charge < -0.3 is 5.11 Å². The standard InChI is InChI=1S/C12H17N3OS2/c1-7-11(18-15-14-7)8(16)5-10-13-9(6-17-10)12(2,3)4/h6,8,16H,5H2,1-4H3. The zero-order chi connectivity index (χ0) is 13.3. The second-order valence-electron chi connectivity index (χ2n) is 5.32. The van der Waals surface area contributed by atoms with E-state index < -0.39 is 6.10 Å². The molecule has 1 atom stereocenters. The monoisotopic (exact) mass is 283 g/mol. The Balaban J connectivity index is 2.11. The Morgan fingerprint density at radius 1 is 1.39 bits per heavy atom. The molecule has 2 rings (SSSR count). The third-order valence-electron chi connectivity index (χ3n) is 2.68. The number of hydrogen-bond acceptors (Lipinski definition) is 6. The maximum absolute atomic E-state index is 10.2. The average molecular weight is 283 g/mol. The molecule has 0 saturated carbocycles. The minimum Gasteiger partial charge on any atom is -0.387 e. The lowest BCUT2D eigenvalue weighted by atomic mass is 9.93. The molecule has 1 unspecified atom stereocenters. The number of aliphatic hydroxyl groups is 1. The van der Waals surface area contributed by atoms with Crippen LogP contribution >= 0.6 is 22.9 Å². The van der Waals surface area contributed by atoms with Gasteiger partial charge in [-0.25, -0.2) is 4.98 Å². The fourth-order valence-electron chi connectivity index (χ4n) is 1.55. The molecule has 2 heterocycles. The van der Waals surface area contributed by atoms with E-state index in [0.717, 1.165) is 21.3 Å². The molecule has 0 aliphatic rings. The van der Waals surface area contributed by atoms with Crippen LogP contribution in [0.25, 0.3) is 0 Å². The first-order valence-corrected chi connectivity index (χ1v) is 7.45. The van der Waals surface area contributed by atoms with Crippen molar-refractivity contribution in [3.05, 3.63) is 26.7 Å². The Bertz CT molecular complexity index is 527. The number of aryl methyl sites for hydroxylation is 1. The number of hydrogen-bond donors (Lipinski definition) is 1. The highest BCUT2D eigenvalue weighted by Gasteiger charge is 2.20. The summed E-state index contributed by atoms with van der Waals surface area (Å²) in [5.74, 6) is 0. The topological polar surface area (TPSA) is 58.9 Å². The first kappa shape index (κ1) is 13.6. The Hall–Kier alpha value is -0.850. The molecule has 0 aliphatic heterocycles. The summed E-state index contributed by atoms with van der Waals surface area (Å²) in [4.78, 5) is 5.42. The number of thiazole rings is 1. The summed E-state index contributed by atoms with van der Waals surface area (Å²) in [6, 6.07) is 0. The van der Waals surface area contributed by atoms with Gasteiger partial charge in [0.25, 0.3) is 0 Å². The van der Waals surface area contributed by atoms with E-state index in [1.54, 1.807) is 11.3 Å². The van der Waals surface area contributed by atoms with Crippen LogP contribution in [0, 0.1) is 6.92 Å².